The first-order valence-corrected chi connectivity index (χ1v) is 5.39. The van der Waals surface area contributed by atoms with Gasteiger partial charge in [0.1, 0.15) is 5.75 Å². The number of rotatable bonds is 3. The van der Waals surface area contributed by atoms with Gasteiger partial charge in [0.2, 0.25) is 0 Å². The van der Waals surface area contributed by atoms with E-state index in [0.29, 0.717) is 5.82 Å². The van der Waals surface area contributed by atoms with E-state index in [1.54, 1.807) is 13.3 Å². The summed E-state index contributed by atoms with van der Waals surface area (Å²) in [7, 11) is 1.64. The molecule has 0 aliphatic carbocycles. The van der Waals surface area contributed by atoms with Gasteiger partial charge in [-0.15, -0.1) is 0 Å². The first-order chi connectivity index (χ1) is 8.69. The van der Waals surface area contributed by atoms with Crippen LogP contribution in [0.15, 0.2) is 47.6 Å². The number of nitrogens with two attached hydrogens (primary N) is 2. The van der Waals surface area contributed by atoms with Crippen LogP contribution in [0.3, 0.4) is 0 Å². The zero-order chi connectivity index (χ0) is 13.0. The Bertz CT molecular complexity index is 559. The Morgan fingerprint density at radius 3 is 2.44 bits per heavy atom. The summed E-state index contributed by atoms with van der Waals surface area (Å²) < 4.78 is 5.11. The molecule has 2 rings (SSSR count). The molecule has 0 saturated carbocycles. The van der Waals surface area contributed by atoms with E-state index in [1.165, 1.54) is 0 Å². The maximum atomic E-state index is 5.32. The minimum atomic E-state index is -0.00520. The van der Waals surface area contributed by atoms with Gasteiger partial charge in [-0.2, -0.15) is 4.99 Å². The minimum absolute atomic E-state index is 0.00520. The van der Waals surface area contributed by atoms with Crippen LogP contribution < -0.4 is 16.2 Å². The standard InChI is InChI=1S/C13H14N4O/c1-18-11-4-2-9(3-5-11)10-6-7-16-12(8-10)17-13(14)15/h2-8H,1H3,(H4,14,15,16,17). The molecule has 0 spiro atoms. The smallest absolute Gasteiger partial charge is 0.192 e. The van der Waals surface area contributed by atoms with Crippen molar-refractivity contribution in [2.24, 2.45) is 16.5 Å². The third-order valence-corrected chi connectivity index (χ3v) is 2.41. The van der Waals surface area contributed by atoms with E-state index >= 15 is 0 Å². The molecule has 2 aromatic rings. The number of methoxy groups -OCH3 is 1. The van der Waals surface area contributed by atoms with Gasteiger partial charge in [0.25, 0.3) is 0 Å². The van der Waals surface area contributed by atoms with Crippen LogP contribution in [0.5, 0.6) is 5.75 Å². The summed E-state index contributed by atoms with van der Waals surface area (Å²) in [6.45, 7) is 0. The molecule has 1 heterocycles. The minimum Gasteiger partial charge on any atom is -0.497 e. The normalized spacial score (nSPS) is 9.83. The van der Waals surface area contributed by atoms with E-state index < -0.39 is 0 Å². The average Bonchev–Trinajstić information content (AvgIpc) is 2.38. The van der Waals surface area contributed by atoms with E-state index in [4.69, 9.17) is 16.2 Å². The zero-order valence-electron chi connectivity index (χ0n) is 10.00. The van der Waals surface area contributed by atoms with Crippen molar-refractivity contribution in [3.63, 3.8) is 0 Å². The average molecular weight is 242 g/mol. The van der Waals surface area contributed by atoms with Gasteiger partial charge in [-0.3, -0.25) is 0 Å². The topological polar surface area (TPSA) is 86.5 Å². The molecule has 0 fully saturated rings. The first-order valence-electron chi connectivity index (χ1n) is 5.39. The summed E-state index contributed by atoms with van der Waals surface area (Å²) in [4.78, 5) is 7.98. The molecule has 0 bridgehead atoms. The molecule has 0 aliphatic heterocycles. The molecule has 0 radical (unpaired) electrons. The predicted octanol–water partition coefficient (Wildman–Crippen LogP) is 1.66. The fourth-order valence-electron chi connectivity index (χ4n) is 1.57. The van der Waals surface area contributed by atoms with E-state index in [-0.39, 0.29) is 5.96 Å². The maximum Gasteiger partial charge on any atom is 0.192 e. The number of aliphatic imine (C=N–C) groups is 1. The molecule has 92 valence electrons. The molecule has 18 heavy (non-hydrogen) atoms. The molecular weight excluding hydrogens is 228 g/mol. The highest BCUT2D eigenvalue weighted by Crippen LogP contribution is 2.24. The van der Waals surface area contributed by atoms with Crippen LogP contribution in [0.2, 0.25) is 0 Å². The van der Waals surface area contributed by atoms with Crippen LogP contribution in [0.4, 0.5) is 5.82 Å². The lowest BCUT2D eigenvalue weighted by atomic mass is 10.1. The van der Waals surface area contributed by atoms with E-state index in [2.05, 4.69) is 9.98 Å². The van der Waals surface area contributed by atoms with Crippen molar-refractivity contribution in [1.29, 1.82) is 0 Å². The second-order valence-electron chi connectivity index (χ2n) is 3.67. The number of aromatic nitrogens is 1. The Kier molecular flexibility index (Phi) is 3.43. The Balaban J connectivity index is 2.35. The van der Waals surface area contributed by atoms with E-state index in [9.17, 15) is 0 Å². The number of hydrogen-bond donors (Lipinski definition) is 2. The largest absolute Gasteiger partial charge is 0.497 e. The van der Waals surface area contributed by atoms with Crippen molar-refractivity contribution >= 4 is 11.8 Å². The quantitative estimate of drug-likeness (QED) is 0.633. The molecule has 0 atom stereocenters. The van der Waals surface area contributed by atoms with Gasteiger partial charge in [0, 0.05) is 6.20 Å². The summed E-state index contributed by atoms with van der Waals surface area (Å²) in [6.07, 6.45) is 1.67. The number of hydrogen-bond acceptors (Lipinski definition) is 3. The van der Waals surface area contributed by atoms with Gasteiger partial charge < -0.3 is 16.2 Å². The second kappa shape index (κ2) is 5.18. The van der Waals surface area contributed by atoms with E-state index in [1.807, 2.05) is 36.4 Å². The van der Waals surface area contributed by atoms with Crippen LogP contribution in [0, 0.1) is 0 Å². The molecule has 0 unspecified atom stereocenters. The lowest BCUT2D eigenvalue weighted by molar-refractivity contribution is 0.415. The predicted molar refractivity (Wildman–Crippen MR) is 71.7 cm³/mol. The molecule has 4 N–H and O–H groups in total. The number of nitrogens with zero attached hydrogens (tertiary/aromatic N) is 2. The zero-order valence-corrected chi connectivity index (χ0v) is 10.00. The van der Waals surface area contributed by atoms with Crippen LogP contribution in [-0.2, 0) is 0 Å². The van der Waals surface area contributed by atoms with Crippen LogP contribution in [-0.4, -0.2) is 18.1 Å². The monoisotopic (exact) mass is 242 g/mol. The second-order valence-corrected chi connectivity index (χ2v) is 3.67. The molecular formula is C13H14N4O. The molecule has 0 aliphatic rings. The van der Waals surface area contributed by atoms with E-state index in [0.717, 1.165) is 16.9 Å². The summed E-state index contributed by atoms with van der Waals surface area (Å²) in [6, 6.07) is 11.4. The maximum absolute atomic E-state index is 5.32. The highest BCUT2D eigenvalue weighted by Gasteiger charge is 2.00. The van der Waals surface area contributed by atoms with Gasteiger partial charge in [-0.05, 0) is 35.4 Å². The first kappa shape index (κ1) is 11.9. The summed E-state index contributed by atoms with van der Waals surface area (Å²) >= 11 is 0. The lowest BCUT2D eigenvalue weighted by Crippen LogP contribution is -2.22. The number of benzene rings is 1. The van der Waals surface area contributed by atoms with Crippen molar-refractivity contribution < 1.29 is 4.74 Å². The number of guanidine groups is 1. The van der Waals surface area contributed by atoms with Gasteiger partial charge in [-0.1, -0.05) is 12.1 Å². The summed E-state index contributed by atoms with van der Waals surface area (Å²) in [5.74, 6) is 1.30. The van der Waals surface area contributed by atoms with Crippen LogP contribution in [0.25, 0.3) is 11.1 Å². The number of pyridine rings is 1. The fourth-order valence-corrected chi connectivity index (χ4v) is 1.57. The van der Waals surface area contributed by atoms with Crippen molar-refractivity contribution in [2.75, 3.05) is 7.11 Å². The van der Waals surface area contributed by atoms with Crippen LogP contribution in [0.1, 0.15) is 0 Å². The van der Waals surface area contributed by atoms with Gasteiger partial charge in [0.05, 0.1) is 7.11 Å². The molecule has 0 amide bonds. The van der Waals surface area contributed by atoms with Crippen molar-refractivity contribution in [3.05, 3.63) is 42.6 Å². The van der Waals surface area contributed by atoms with Crippen molar-refractivity contribution in [3.8, 4) is 16.9 Å². The highest BCUT2D eigenvalue weighted by atomic mass is 16.5. The van der Waals surface area contributed by atoms with Crippen molar-refractivity contribution in [2.45, 2.75) is 0 Å². The highest BCUT2D eigenvalue weighted by molar-refractivity contribution is 5.79. The number of ether oxygens (including phenoxy) is 1. The van der Waals surface area contributed by atoms with Crippen molar-refractivity contribution in [1.82, 2.24) is 4.98 Å². The SMILES string of the molecule is COc1ccc(-c2ccnc(N=C(N)N)c2)cc1. The fraction of sp³-hybridized carbons (Fsp3) is 0.0769. The van der Waals surface area contributed by atoms with Crippen LogP contribution >= 0.6 is 0 Å². The lowest BCUT2D eigenvalue weighted by Gasteiger charge is -2.04. The Morgan fingerprint density at radius 2 is 1.83 bits per heavy atom. The third-order valence-electron chi connectivity index (χ3n) is 2.41. The third kappa shape index (κ3) is 2.76. The summed E-state index contributed by atoms with van der Waals surface area (Å²) in [5.41, 5.74) is 12.7. The van der Waals surface area contributed by atoms with Gasteiger partial charge >= 0.3 is 0 Å². The molecule has 0 saturated heterocycles. The molecule has 5 nitrogen and oxygen atoms in total. The Morgan fingerprint density at radius 1 is 1.11 bits per heavy atom. The van der Waals surface area contributed by atoms with Gasteiger partial charge in [-0.25, -0.2) is 4.98 Å². The molecule has 1 aromatic carbocycles. The Labute approximate surface area is 105 Å². The molecule has 5 heteroatoms. The molecule has 1 aromatic heterocycles. The Hall–Kier alpha value is -2.56. The van der Waals surface area contributed by atoms with Gasteiger partial charge in [0.15, 0.2) is 11.8 Å². The summed E-state index contributed by atoms with van der Waals surface area (Å²) in [5, 5.41) is 0.